The molecule has 138 valence electrons. The molecule has 0 saturated heterocycles. The summed E-state index contributed by atoms with van der Waals surface area (Å²) >= 11 is 0. The van der Waals surface area contributed by atoms with Crippen LogP contribution in [-0.4, -0.2) is 28.0 Å². The van der Waals surface area contributed by atoms with Crippen molar-refractivity contribution in [2.75, 3.05) is 19.0 Å². The van der Waals surface area contributed by atoms with Crippen LogP contribution in [0.2, 0.25) is 0 Å². The predicted octanol–water partition coefficient (Wildman–Crippen LogP) is 3.04. The zero-order chi connectivity index (χ0) is 19.0. The fraction of sp³-hybridized carbons (Fsp3) is 0.211. The number of hydrogen-bond donors (Lipinski definition) is 2. The van der Waals surface area contributed by atoms with Crippen molar-refractivity contribution < 1.29 is 17.9 Å². The van der Waals surface area contributed by atoms with Gasteiger partial charge in [-0.1, -0.05) is 19.1 Å². The molecule has 0 bridgehead atoms. The lowest BCUT2D eigenvalue weighted by molar-refractivity contribution is -0.111. The number of carbonyl (C=O) groups is 1. The van der Waals surface area contributed by atoms with Crippen LogP contribution >= 0.6 is 0 Å². The average Bonchev–Trinajstić information content (AvgIpc) is 2.65. The van der Waals surface area contributed by atoms with E-state index in [0.29, 0.717) is 18.7 Å². The molecule has 2 rings (SSSR count). The van der Waals surface area contributed by atoms with Gasteiger partial charge in [-0.3, -0.25) is 4.79 Å². The van der Waals surface area contributed by atoms with Gasteiger partial charge in [-0.25, -0.2) is 13.1 Å². The normalized spacial score (nSPS) is 11.5. The van der Waals surface area contributed by atoms with Gasteiger partial charge in [0.15, 0.2) is 0 Å². The fourth-order valence-corrected chi connectivity index (χ4v) is 3.24. The molecule has 0 heterocycles. The highest BCUT2D eigenvalue weighted by molar-refractivity contribution is 7.89. The van der Waals surface area contributed by atoms with Gasteiger partial charge >= 0.3 is 0 Å². The quantitative estimate of drug-likeness (QED) is 0.696. The van der Waals surface area contributed by atoms with Crippen molar-refractivity contribution in [3.63, 3.8) is 0 Å². The first kappa shape index (κ1) is 19.7. The highest BCUT2D eigenvalue weighted by Gasteiger charge is 2.12. The third-order valence-electron chi connectivity index (χ3n) is 3.52. The first-order valence-electron chi connectivity index (χ1n) is 8.17. The zero-order valence-corrected chi connectivity index (χ0v) is 15.5. The van der Waals surface area contributed by atoms with Crippen LogP contribution < -0.4 is 14.8 Å². The Balaban J connectivity index is 1.97. The second kappa shape index (κ2) is 9.17. The number of nitrogens with one attached hydrogen (secondary N) is 2. The molecule has 0 atom stereocenters. The summed E-state index contributed by atoms with van der Waals surface area (Å²) < 4.78 is 31.6. The standard InChI is InChI=1S/C19H22N2O4S/c1-3-14-20-26(23,24)18-11-7-16(8-12-18)21-19(22)13-6-15-4-9-17(25-2)10-5-15/h4-13,20H,3,14H2,1-2H3,(H,21,22)/b13-6+. The highest BCUT2D eigenvalue weighted by Crippen LogP contribution is 2.15. The lowest BCUT2D eigenvalue weighted by Crippen LogP contribution is -2.24. The fourth-order valence-electron chi connectivity index (χ4n) is 2.11. The molecular formula is C19H22N2O4S. The minimum Gasteiger partial charge on any atom is -0.497 e. The van der Waals surface area contributed by atoms with Gasteiger partial charge in [-0.05, 0) is 54.5 Å². The lowest BCUT2D eigenvalue weighted by atomic mass is 10.2. The molecule has 0 aromatic heterocycles. The van der Waals surface area contributed by atoms with Crippen LogP contribution in [0.5, 0.6) is 5.75 Å². The Morgan fingerprint density at radius 2 is 1.73 bits per heavy atom. The van der Waals surface area contributed by atoms with E-state index in [4.69, 9.17) is 4.74 Å². The maximum absolute atomic E-state index is 12.0. The van der Waals surface area contributed by atoms with Crippen LogP contribution in [0.3, 0.4) is 0 Å². The molecule has 6 nitrogen and oxygen atoms in total. The second-order valence-electron chi connectivity index (χ2n) is 5.52. The van der Waals surface area contributed by atoms with Crippen LogP contribution in [0, 0.1) is 0 Å². The molecule has 26 heavy (non-hydrogen) atoms. The molecule has 0 saturated carbocycles. The van der Waals surface area contributed by atoms with Crippen LogP contribution in [0.15, 0.2) is 59.5 Å². The molecule has 0 aliphatic rings. The Morgan fingerprint density at radius 3 is 2.31 bits per heavy atom. The minimum absolute atomic E-state index is 0.165. The molecule has 0 spiro atoms. The smallest absolute Gasteiger partial charge is 0.248 e. The number of ether oxygens (including phenoxy) is 1. The molecule has 0 aliphatic heterocycles. The van der Waals surface area contributed by atoms with E-state index in [1.165, 1.54) is 18.2 Å². The molecule has 2 aromatic carbocycles. The Bertz CT molecular complexity index is 857. The van der Waals surface area contributed by atoms with Gasteiger partial charge < -0.3 is 10.1 Å². The van der Waals surface area contributed by atoms with E-state index < -0.39 is 10.0 Å². The van der Waals surface area contributed by atoms with Gasteiger partial charge in [0.2, 0.25) is 15.9 Å². The van der Waals surface area contributed by atoms with Crippen molar-refractivity contribution in [1.29, 1.82) is 0 Å². The molecule has 2 aromatic rings. The van der Waals surface area contributed by atoms with Crippen molar-refractivity contribution in [1.82, 2.24) is 4.72 Å². The van der Waals surface area contributed by atoms with Crippen LogP contribution in [-0.2, 0) is 14.8 Å². The van der Waals surface area contributed by atoms with Gasteiger partial charge in [0.1, 0.15) is 5.75 Å². The number of amides is 1. The summed E-state index contributed by atoms with van der Waals surface area (Å²) in [6, 6.07) is 13.3. The van der Waals surface area contributed by atoms with Crippen molar-refractivity contribution in [3.05, 3.63) is 60.2 Å². The second-order valence-corrected chi connectivity index (χ2v) is 7.28. The van der Waals surface area contributed by atoms with E-state index in [0.717, 1.165) is 11.3 Å². The van der Waals surface area contributed by atoms with Gasteiger partial charge in [-0.15, -0.1) is 0 Å². The van der Waals surface area contributed by atoms with E-state index in [9.17, 15) is 13.2 Å². The molecule has 0 fully saturated rings. The summed E-state index contributed by atoms with van der Waals surface area (Å²) in [7, 11) is -1.91. The minimum atomic E-state index is -3.51. The summed E-state index contributed by atoms with van der Waals surface area (Å²) in [6.45, 7) is 2.28. The maximum atomic E-state index is 12.0. The molecule has 0 radical (unpaired) electrons. The summed E-state index contributed by atoms with van der Waals surface area (Å²) in [5.74, 6) is 0.440. The molecule has 7 heteroatoms. The first-order chi connectivity index (χ1) is 12.4. The van der Waals surface area contributed by atoms with E-state index in [1.807, 2.05) is 31.2 Å². The van der Waals surface area contributed by atoms with Gasteiger partial charge in [-0.2, -0.15) is 0 Å². The molecule has 0 aliphatic carbocycles. The van der Waals surface area contributed by atoms with Crippen LogP contribution in [0.4, 0.5) is 5.69 Å². The first-order valence-corrected chi connectivity index (χ1v) is 9.66. The van der Waals surface area contributed by atoms with Crippen LogP contribution in [0.1, 0.15) is 18.9 Å². The van der Waals surface area contributed by atoms with E-state index in [-0.39, 0.29) is 10.8 Å². The van der Waals surface area contributed by atoms with E-state index in [2.05, 4.69) is 10.0 Å². The van der Waals surface area contributed by atoms with Gasteiger partial charge in [0.25, 0.3) is 0 Å². The largest absolute Gasteiger partial charge is 0.497 e. The zero-order valence-electron chi connectivity index (χ0n) is 14.7. The van der Waals surface area contributed by atoms with Crippen molar-refractivity contribution in [2.45, 2.75) is 18.2 Å². The topological polar surface area (TPSA) is 84.5 Å². The number of sulfonamides is 1. The Kier molecular flexibility index (Phi) is 6.94. The number of benzene rings is 2. The van der Waals surface area contributed by atoms with Crippen LogP contribution in [0.25, 0.3) is 6.08 Å². The predicted molar refractivity (Wildman–Crippen MR) is 103 cm³/mol. The Hall–Kier alpha value is -2.64. The third kappa shape index (κ3) is 5.72. The number of methoxy groups -OCH3 is 1. The van der Waals surface area contributed by atoms with Gasteiger partial charge in [0.05, 0.1) is 12.0 Å². The summed E-state index contributed by atoms with van der Waals surface area (Å²) in [4.78, 5) is 12.1. The lowest BCUT2D eigenvalue weighted by Gasteiger charge is -2.07. The van der Waals surface area contributed by atoms with E-state index >= 15 is 0 Å². The SMILES string of the molecule is CCCNS(=O)(=O)c1ccc(NC(=O)/C=C/c2ccc(OC)cc2)cc1. The monoisotopic (exact) mass is 374 g/mol. The maximum Gasteiger partial charge on any atom is 0.248 e. The number of hydrogen-bond acceptors (Lipinski definition) is 4. The Morgan fingerprint density at radius 1 is 1.08 bits per heavy atom. The summed E-state index contributed by atoms with van der Waals surface area (Å²) in [5.41, 5.74) is 1.38. The van der Waals surface area contributed by atoms with Crippen molar-refractivity contribution >= 4 is 27.7 Å². The highest BCUT2D eigenvalue weighted by atomic mass is 32.2. The number of rotatable bonds is 8. The summed E-state index contributed by atoms with van der Waals surface area (Å²) in [5, 5.41) is 2.69. The molecular weight excluding hydrogens is 352 g/mol. The molecule has 1 amide bonds. The van der Waals surface area contributed by atoms with Gasteiger partial charge in [0, 0.05) is 18.3 Å². The van der Waals surface area contributed by atoms with E-state index in [1.54, 1.807) is 25.3 Å². The summed E-state index contributed by atoms with van der Waals surface area (Å²) in [6.07, 6.45) is 3.81. The number of anilines is 1. The average molecular weight is 374 g/mol. The van der Waals surface area contributed by atoms with Crippen molar-refractivity contribution in [3.8, 4) is 5.75 Å². The Labute approximate surface area is 153 Å². The number of carbonyl (C=O) groups excluding carboxylic acids is 1. The molecule has 2 N–H and O–H groups in total. The third-order valence-corrected chi connectivity index (χ3v) is 4.99. The van der Waals surface area contributed by atoms with Crippen molar-refractivity contribution in [2.24, 2.45) is 0 Å². The molecule has 0 unspecified atom stereocenters.